The minimum atomic E-state index is -0.411. The number of carbonyl (C=O) groups is 1. The van der Waals surface area contributed by atoms with Crippen LogP contribution in [0.3, 0.4) is 0 Å². The maximum atomic E-state index is 11.5. The number of aromatic nitrogens is 1. The lowest BCUT2D eigenvalue weighted by Gasteiger charge is -2.20. The van der Waals surface area contributed by atoms with E-state index in [4.69, 9.17) is 9.47 Å². The highest BCUT2D eigenvalue weighted by Gasteiger charge is 2.22. The number of pyridine rings is 1. The van der Waals surface area contributed by atoms with Gasteiger partial charge >= 0.3 is 5.97 Å². The van der Waals surface area contributed by atoms with Crippen molar-refractivity contribution in [2.75, 3.05) is 20.8 Å². The number of rotatable bonds is 2. The SMILES string of the molecule is COC(=O)c1cnc2c(c1OC)CCNC2. The third-order valence-electron chi connectivity index (χ3n) is 2.67. The minimum Gasteiger partial charge on any atom is -0.495 e. The second kappa shape index (κ2) is 4.49. The first-order valence-corrected chi connectivity index (χ1v) is 5.11. The summed E-state index contributed by atoms with van der Waals surface area (Å²) in [6.45, 7) is 1.59. The van der Waals surface area contributed by atoms with Gasteiger partial charge in [0.2, 0.25) is 0 Å². The second-order valence-corrected chi connectivity index (χ2v) is 3.55. The summed E-state index contributed by atoms with van der Waals surface area (Å²) in [5.41, 5.74) is 2.34. The Morgan fingerprint density at radius 3 is 3.00 bits per heavy atom. The van der Waals surface area contributed by atoms with Crippen LogP contribution in [0.1, 0.15) is 21.6 Å². The van der Waals surface area contributed by atoms with Gasteiger partial charge in [-0.15, -0.1) is 0 Å². The van der Waals surface area contributed by atoms with Gasteiger partial charge in [0.15, 0.2) is 0 Å². The molecular formula is C11H14N2O3. The average molecular weight is 222 g/mol. The summed E-state index contributed by atoms with van der Waals surface area (Å²) >= 11 is 0. The van der Waals surface area contributed by atoms with E-state index in [-0.39, 0.29) is 0 Å². The van der Waals surface area contributed by atoms with Crippen molar-refractivity contribution in [1.82, 2.24) is 10.3 Å². The molecule has 1 aliphatic rings. The molecular weight excluding hydrogens is 208 g/mol. The molecule has 1 aliphatic heterocycles. The summed E-state index contributed by atoms with van der Waals surface area (Å²) in [6.07, 6.45) is 2.33. The minimum absolute atomic E-state index is 0.394. The lowest BCUT2D eigenvalue weighted by atomic mass is 10.0. The van der Waals surface area contributed by atoms with Gasteiger partial charge in [-0.1, -0.05) is 0 Å². The smallest absolute Gasteiger partial charge is 0.343 e. The molecule has 1 N–H and O–H groups in total. The normalized spacial score (nSPS) is 14.1. The first kappa shape index (κ1) is 10.9. The highest BCUT2D eigenvalue weighted by atomic mass is 16.5. The number of hydrogen-bond acceptors (Lipinski definition) is 5. The fraction of sp³-hybridized carbons (Fsp3) is 0.455. The van der Waals surface area contributed by atoms with Crippen LogP contribution in [-0.2, 0) is 17.7 Å². The molecule has 0 radical (unpaired) electrons. The lowest BCUT2D eigenvalue weighted by Crippen LogP contribution is -2.26. The van der Waals surface area contributed by atoms with E-state index in [1.807, 2.05) is 0 Å². The fourth-order valence-corrected chi connectivity index (χ4v) is 1.89. The van der Waals surface area contributed by atoms with E-state index < -0.39 is 5.97 Å². The lowest BCUT2D eigenvalue weighted by molar-refractivity contribution is 0.0596. The predicted octanol–water partition coefficient (Wildman–Crippen LogP) is 0.522. The molecule has 86 valence electrons. The Bertz CT molecular complexity index is 418. The number of carbonyl (C=O) groups excluding carboxylic acids is 1. The zero-order valence-electron chi connectivity index (χ0n) is 9.37. The molecule has 16 heavy (non-hydrogen) atoms. The molecule has 0 fully saturated rings. The summed E-state index contributed by atoms with van der Waals surface area (Å²) in [6, 6.07) is 0. The molecule has 2 rings (SSSR count). The average Bonchev–Trinajstić information content (AvgIpc) is 2.36. The van der Waals surface area contributed by atoms with E-state index in [1.165, 1.54) is 13.3 Å². The van der Waals surface area contributed by atoms with Crippen molar-refractivity contribution < 1.29 is 14.3 Å². The van der Waals surface area contributed by atoms with Crippen molar-refractivity contribution in [2.24, 2.45) is 0 Å². The number of fused-ring (bicyclic) bond motifs is 1. The molecule has 0 saturated carbocycles. The van der Waals surface area contributed by atoms with Gasteiger partial charge in [-0.05, 0) is 13.0 Å². The quantitative estimate of drug-likeness (QED) is 0.739. The van der Waals surface area contributed by atoms with Gasteiger partial charge in [0.1, 0.15) is 11.3 Å². The molecule has 0 saturated heterocycles. The fourth-order valence-electron chi connectivity index (χ4n) is 1.89. The number of methoxy groups -OCH3 is 2. The van der Waals surface area contributed by atoms with Crippen LogP contribution in [0.25, 0.3) is 0 Å². The number of ether oxygens (including phenoxy) is 2. The molecule has 5 heteroatoms. The monoisotopic (exact) mass is 222 g/mol. The molecule has 2 heterocycles. The van der Waals surface area contributed by atoms with Gasteiger partial charge in [-0.25, -0.2) is 4.79 Å². The standard InChI is InChI=1S/C11H14N2O3/c1-15-10-7-3-4-12-6-9(7)13-5-8(10)11(14)16-2/h5,12H,3-4,6H2,1-2H3. The predicted molar refractivity (Wildman–Crippen MR) is 57.5 cm³/mol. The van der Waals surface area contributed by atoms with Crippen LogP contribution in [0.15, 0.2) is 6.20 Å². The largest absolute Gasteiger partial charge is 0.495 e. The molecule has 5 nitrogen and oxygen atoms in total. The van der Waals surface area contributed by atoms with Crippen molar-refractivity contribution in [3.05, 3.63) is 23.0 Å². The number of hydrogen-bond donors (Lipinski definition) is 1. The zero-order chi connectivity index (χ0) is 11.5. The third-order valence-corrected chi connectivity index (χ3v) is 2.67. The van der Waals surface area contributed by atoms with Crippen molar-refractivity contribution in [2.45, 2.75) is 13.0 Å². The molecule has 0 atom stereocenters. The van der Waals surface area contributed by atoms with E-state index in [0.29, 0.717) is 17.9 Å². The molecule has 1 aromatic rings. The van der Waals surface area contributed by atoms with Gasteiger partial charge in [-0.2, -0.15) is 0 Å². The van der Waals surface area contributed by atoms with Gasteiger partial charge in [0, 0.05) is 18.3 Å². The Labute approximate surface area is 93.8 Å². The highest BCUT2D eigenvalue weighted by molar-refractivity contribution is 5.92. The topological polar surface area (TPSA) is 60.5 Å². The van der Waals surface area contributed by atoms with Gasteiger partial charge < -0.3 is 14.8 Å². The van der Waals surface area contributed by atoms with Crippen molar-refractivity contribution in [1.29, 1.82) is 0 Å². The van der Waals surface area contributed by atoms with Crippen LogP contribution in [0, 0.1) is 0 Å². The maximum absolute atomic E-state index is 11.5. The molecule has 0 unspecified atom stereocenters. The molecule has 0 aliphatic carbocycles. The summed E-state index contributed by atoms with van der Waals surface area (Å²) in [5.74, 6) is 0.184. The Balaban J connectivity index is 2.51. The maximum Gasteiger partial charge on any atom is 0.343 e. The van der Waals surface area contributed by atoms with Crippen LogP contribution < -0.4 is 10.1 Å². The van der Waals surface area contributed by atoms with Crippen LogP contribution in [0.4, 0.5) is 0 Å². The third kappa shape index (κ3) is 1.74. The van der Waals surface area contributed by atoms with E-state index in [9.17, 15) is 4.79 Å². The zero-order valence-corrected chi connectivity index (χ0v) is 9.37. The first-order valence-electron chi connectivity index (χ1n) is 5.11. The van der Waals surface area contributed by atoms with Crippen LogP contribution in [0.2, 0.25) is 0 Å². The van der Waals surface area contributed by atoms with Crippen LogP contribution in [-0.4, -0.2) is 31.7 Å². The summed E-state index contributed by atoms with van der Waals surface area (Å²) < 4.78 is 9.99. The van der Waals surface area contributed by atoms with Crippen molar-refractivity contribution >= 4 is 5.97 Å². The Morgan fingerprint density at radius 2 is 2.31 bits per heavy atom. The molecule has 0 aromatic carbocycles. The van der Waals surface area contributed by atoms with Gasteiger partial charge in [-0.3, -0.25) is 4.98 Å². The molecule has 1 aromatic heterocycles. The summed E-state index contributed by atoms with van der Waals surface area (Å²) in [4.78, 5) is 15.8. The second-order valence-electron chi connectivity index (χ2n) is 3.55. The van der Waals surface area contributed by atoms with Crippen molar-refractivity contribution in [3.63, 3.8) is 0 Å². The summed E-state index contributed by atoms with van der Waals surface area (Å²) in [5, 5.41) is 3.22. The highest BCUT2D eigenvalue weighted by Crippen LogP contribution is 2.28. The number of nitrogens with one attached hydrogen (secondary N) is 1. The summed E-state index contributed by atoms with van der Waals surface area (Å²) in [7, 11) is 2.91. The molecule has 0 spiro atoms. The Kier molecular flexibility index (Phi) is 3.05. The molecule has 0 bridgehead atoms. The number of esters is 1. The van der Waals surface area contributed by atoms with Crippen LogP contribution in [0.5, 0.6) is 5.75 Å². The van der Waals surface area contributed by atoms with Gasteiger partial charge in [0.25, 0.3) is 0 Å². The number of nitrogens with zero attached hydrogens (tertiary/aromatic N) is 1. The van der Waals surface area contributed by atoms with E-state index >= 15 is 0 Å². The van der Waals surface area contributed by atoms with E-state index in [2.05, 4.69) is 10.3 Å². The molecule has 0 amide bonds. The van der Waals surface area contributed by atoms with Gasteiger partial charge in [0.05, 0.1) is 19.9 Å². The van der Waals surface area contributed by atoms with Crippen LogP contribution >= 0.6 is 0 Å². The Morgan fingerprint density at radius 1 is 1.50 bits per heavy atom. The van der Waals surface area contributed by atoms with E-state index in [1.54, 1.807) is 7.11 Å². The van der Waals surface area contributed by atoms with Crippen molar-refractivity contribution in [3.8, 4) is 5.75 Å². The Hall–Kier alpha value is -1.62. The van der Waals surface area contributed by atoms with E-state index in [0.717, 1.165) is 24.2 Å². The first-order chi connectivity index (χ1) is 7.77.